The molecule has 2 aliphatic rings. The van der Waals surface area contributed by atoms with Gasteiger partial charge >= 0.3 is 5.97 Å². The number of carbonyl (C=O) groups excluding carboxylic acids is 1. The number of carboxylic acid groups (broad SMARTS) is 1. The fourth-order valence-electron chi connectivity index (χ4n) is 3.45. The molecule has 4 unspecified atom stereocenters. The van der Waals surface area contributed by atoms with E-state index in [9.17, 15) is 14.7 Å². The van der Waals surface area contributed by atoms with Crippen LogP contribution >= 0.6 is 0 Å². The molecular formula is C15H26N2O4. The van der Waals surface area contributed by atoms with E-state index in [2.05, 4.69) is 10.6 Å². The van der Waals surface area contributed by atoms with Gasteiger partial charge in [-0.05, 0) is 24.2 Å². The van der Waals surface area contributed by atoms with Gasteiger partial charge in [0, 0.05) is 19.1 Å². The Kier molecular flexibility index (Phi) is 4.88. The predicted octanol–water partition coefficient (Wildman–Crippen LogP) is 0.616. The highest BCUT2D eigenvalue weighted by atomic mass is 16.5. The topological polar surface area (TPSA) is 87.7 Å². The SMILES string of the molecule is CC1C(NC(=O)C2CNCCO2)CCC(C(=O)O)C1(C)C. The van der Waals surface area contributed by atoms with E-state index in [1.807, 2.05) is 20.8 Å². The van der Waals surface area contributed by atoms with E-state index < -0.39 is 12.1 Å². The Balaban J connectivity index is 1.98. The average molecular weight is 298 g/mol. The second-order valence-corrected chi connectivity index (χ2v) is 6.76. The predicted molar refractivity (Wildman–Crippen MR) is 77.8 cm³/mol. The van der Waals surface area contributed by atoms with Gasteiger partial charge in [0.05, 0.1) is 12.5 Å². The molecule has 0 radical (unpaired) electrons. The van der Waals surface area contributed by atoms with Crippen molar-refractivity contribution < 1.29 is 19.4 Å². The number of rotatable bonds is 3. The number of hydrogen-bond acceptors (Lipinski definition) is 4. The molecule has 0 aromatic heterocycles. The lowest BCUT2D eigenvalue weighted by Crippen LogP contribution is -2.56. The quantitative estimate of drug-likeness (QED) is 0.711. The van der Waals surface area contributed by atoms with Crippen LogP contribution in [0.2, 0.25) is 0 Å². The van der Waals surface area contributed by atoms with Crippen LogP contribution in [0.5, 0.6) is 0 Å². The molecule has 1 aliphatic heterocycles. The summed E-state index contributed by atoms with van der Waals surface area (Å²) in [6.45, 7) is 7.84. The molecule has 0 spiro atoms. The minimum Gasteiger partial charge on any atom is -0.481 e. The van der Waals surface area contributed by atoms with Gasteiger partial charge < -0.3 is 20.5 Å². The van der Waals surface area contributed by atoms with Gasteiger partial charge in [-0.2, -0.15) is 0 Å². The molecule has 6 heteroatoms. The molecule has 120 valence electrons. The van der Waals surface area contributed by atoms with Crippen LogP contribution in [-0.4, -0.2) is 48.8 Å². The van der Waals surface area contributed by atoms with E-state index in [1.165, 1.54) is 0 Å². The maximum absolute atomic E-state index is 12.2. The van der Waals surface area contributed by atoms with Crippen LogP contribution in [0.4, 0.5) is 0 Å². The normalized spacial score (nSPS) is 36.0. The lowest BCUT2D eigenvalue weighted by atomic mass is 9.61. The molecular weight excluding hydrogens is 272 g/mol. The number of carbonyl (C=O) groups is 2. The fourth-order valence-corrected chi connectivity index (χ4v) is 3.45. The number of nitrogens with one attached hydrogen (secondary N) is 2. The highest BCUT2D eigenvalue weighted by molar-refractivity contribution is 5.81. The minimum atomic E-state index is -0.739. The molecule has 1 heterocycles. The Bertz CT molecular complexity index is 404. The van der Waals surface area contributed by atoms with Gasteiger partial charge in [-0.1, -0.05) is 20.8 Å². The summed E-state index contributed by atoms with van der Waals surface area (Å²) in [5, 5.41) is 15.5. The number of ether oxygens (including phenoxy) is 1. The molecule has 1 saturated carbocycles. The van der Waals surface area contributed by atoms with Gasteiger partial charge in [0.2, 0.25) is 0 Å². The molecule has 2 rings (SSSR count). The number of aliphatic carboxylic acids is 1. The van der Waals surface area contributed by atoms with Crippen LogP contribution < -0.4 is 10.6 Å². The summed E-state index contributed by atoms with van der Waals surface area (Å²) in [7, 11) is 0. The number of morpholine rings is 1. The zero-order valence-corrected chi connectivity index (χ0v) is 13.0. The summed E-state index contributed by atoms with van der Waals surface area (Å²) >= 11 is 0. The van der Waals surface area contributed by atoms with Crippen molar-refractivity contribution in [2.45, 2.75) is 45.8 Å². The third kappa shape index (κ3) is 3.37. The summed E-state index contributed by atoms with van der Waals surface area (Å²) in [6.07, 6.45) is 0.862. The molecule has 0 aromatic carbocycles. The van der Waals surface area contributed by atoms with Gasteiger partial charge in [-0.15, -0.1) is 0 Å². The fraction of sp³-hybridized carbons (Fsp3) is 0.867. The van der Waals surface area contributed by atoms with E-state index in [1.54, 1.807) is 0 Å². The molecule has 3 N–H and O–H groups in total. The summed E-state index contributed by atoms with van der Waals surface area (Å²) in [5.41, 5.74) is -0.340. The van der Waals surface area contributed by atoms with Crippen molar-refractivity contribution in [2.24, 2.45) is 17.3 Å². The second kappa shape index (κ2) is 6.32. The second-order valence-electron chi connectivity index (χ2n) is 6.76. The van der Waals surface area contributed by atoms with Crippen molar-refractivity contribution in [1.82, 2.24) is 10.6 Å². The largest absolute Gasteiger partial charge is 0.481 e. The number of amides is 1. The van der Waals surface area contributed by atoms with Crippen molar-refractivity contribution in [3.05, 3.63) is 0 Å². The van der Waals surface area contributed by atoms with Crippen LogP contribution in [0.25, 0.3) is 0 Å². The minimum absolute atomic E-state index is 0.00799. The Morgan fingerprint density at radius 3 is 2.62 bits per heavy atom. The van der Waals surface area contributed by atoms with Crippen LogP contribution in [0.3, 0.4) is 0 Å². The van der Waals surface area contributed by atoms with Crippen LogP contribution in [0.1, 0.15) is 33.6 Å². The lowest BCUT2D eigenvalue weighted by Gasteiger charge is -2.46. The van der Waals surface area contributed by atoms with Crippen molar-refractivity contribution in [1.29, 1.82) is 0 Å². The van der Waals surface area contributed by atoms with E-state index >= 15 is 0 Å². The van der Waals surface area contributed by atoms with Crippen molar-refractivity contribution >= 4 is 11.9 Å². The Hall–Kier alpha value is -1.14. The number of hydrogen-bond donors (Lipinski definition) is 3. The monoisotopic (exact) mass is 298 g/mol. The molecule has 6 nitrogen and oxygen atoms in total. The van der Waals surface area contributed by atoms with Crippen molar-refractivity contribution in [3.8, 4) is 0 Å². The first-order chi connectivity index (χ1) is 9.84. The Morgan fingerprint density at radius 2 is 2.05 bits per heavy atom. The molecule has 2 fully saturated rings. The van der Waals surface area contributed by atoms with Gasteiger partial charge in [0.15, 0.2) is 0 Å². The standard InChI is InChI=1S/C15H26N2O4/c1-9-11(5-4-10(14(19)20)15(9,2)3)17-13(18)12-8-16-6-7-21-12/h9-12,16H,4-8H2,1-3H3,(H,17,18)(H,19,20). The van der Waals surface area contributed by atoms with Crippen molar-refractivity contribution in [2.75, 3.05) is 19.7 Å². The smallest absolute Gasteiger partial charge is 0.307 e. The molecule has 21 heavy (non-hydrogen) atoms. The average Bonchev–Trinajstić information content (AvgIpc) is 2.44. The molecule has 4 atom stereocenters. The zero-order chi connectivity index (χ0) is 15.6. The third-order valence-corrected chi connectivity index (χ3v) is 5.29. The zero-order valence-electron chi connectivity index (χ0n) is 13.0. The first-order valence-corrected chi connectivity index (χ1v) is 7.69. The maximum Gasteiger partial charge on any atom is 0.307 e. The molecule has 0 aromatic rings. The van der Waals surface area contributed by atoms with Gasteiger partial charge in [0.1, 0.15) is 6.10 Å². The van der Waals surface area contributed by atoms with Crippen molar-refractivity contribution in [3.63, 3.8) is 0 Å². The van der Waals surface area contributed by atoms with E-state index in [-0.39, 0.29) is 29.2 Å². The van der Waals surface area contributed by atoms with Gasteiger partial charge in [-0.25, -0.2) is 0 Å². The first-order valence-electron chi connectivity index (χ1n) is 7.69. The van der Waals surface area contributed by atoms with E-state index in [4.69, 9.17) is 4.74 Å². The van der Waals surface area contributed by atoms with Crippen LogP contribution in [-0.2, 0) is 14.3 Å². The van der Waals surface area contributed by atoms with Gasteiger partial charge in [-0.3, -0.25) is 9.59 Å². The maximum atomic E-state index is 12.2. The highest BCUT2D eigenvalue weighted by Crippen LogP contribution is 2.45. The molecule has 1 aliphatic carbocycles. The summed E-state index contributed by atoms with van der Waals surface area (Å²) < 4.78 is 5.46. The number of carboxylic acids is 1. The van der Waals surface area contributed by atoms with E-state index in [0.717, 1.165) is 6.54 Å². The first kappa shape index (κ1) is 16.2. The van der Waals surface area contributed by atoms with Crippen LogP contribution in [0.15, 0.2) is 0 Å². The molecule has 1 saturated heterocycles. The molecule has 0 bridgehead atoms. The van der Waals surface area contributed by atoms with Gasteiger partial charge in [0.25, 0.3) is 5.91 Å². The van der Waals surface area contributed by atoms with Crippen LogP contribution in [0, 0.1) is 17.3 Å². The summed E-state index contributed by atoms with van der Waals surface area (Å²) in [4.78, 5) is 23.6. The third-order valence-electron chi connectivity index (χ3n) is 5.29. The molecule has 1 amide bonds. The summed E-state index contributed by atoms with van der Waals surface area (Å²) in [5.74, 6) is -1.08. The van der Waals surface area contributed by atoms with E-state index in [0.29, 0.717) is 26.0 Å². The Morgan fingerprint density at radius 1 is 1.33 bits per heavy atom. The Labute approximate surface area is 125 Å². The lowest BCUT2D eigenvalue weighted by molar-refractivity contribution is -0.150. The highest BCUT2D eigenvalue weighted by Gasteiger charge is 2.46. The summed E-state index contributed by atoms with van der Waals surface area (Å²) in [6, 6.07) is 0.00799.